The van der Waals surface area contributed by atoms with Crippen LogP contribution in [-0.2, 0) is 10.0 Å². The van der Waals surface area contributed by atoms with Gasteiger partial charge in [-0.15, -0.1) is 0 Å². The topological polar surface area (TPSA) is 87.7 Å². The van der Waals surface area contributed by atoms with Crippen molar-refractivity contribution in [2.24, 2.45) is 0 Å². The summed E-state index contributed by atoms with van der Waals surface area (Å²) in [4.78, 5) is 11.5. The molecule has 8 nitrogen and oxygen atoms in total. The van der Waals surface area contributed by atoms with E-state index in [4.69, 9.17) is 4.74 Å². The van der Waals surface area contributed by atoms with E-state index in [0.29, 0.717) is 50.2 Å². The molecule has 1 aromatic heterocycles. The number of piperazine rings is 1. The standard InChI is InChI=1S/C26H33N5O3S/c1-4-5-18-34-23-10-12-24(13-11-23)35(32,33)31-16-14-30(15-17-31)26-19-25(27-21(3)28-26)29-22-8-6-20(2)7-9-22/h6-13,19H,4-5,14-18H2,1-3H3,(H,27,28,29). The van der Waals surface area contributed by atoms with E-state index in [9.17, 15) is 8.42 Å². The van der Waals surface area contributed by atoms with Gasteiger partial charge in [0.2, 0.25) is 10.0 Å². The lowest BCUT2D eigenvalue weighted by Gasteiger charge is -2.34. The zero-order chi connectivity index (χ0) is 24.8. The van der Waals surface area contributed by atoms with Crippen molar-refractivity contribution < 1.29 is 13.2 Å². The van der Waals surface area contributed by atoms with E-state index in [1.807, 2.05) is 37.3 Å². The molecule has 1 fully saturated rings. The normalized spacial score (nSPS) is 14.7. The minimum atomic E-state index is -3.56. The number of hydrogen-bond donors (Lipinski definition) is 1. The lowest BCUT2D eigenvalue weighted by atomic mass is 10.2. The Labute approximate surface area is 208 Å². The van der Waals surface area contributed by atoms with Crippen molar-refractivity contribution in [2.45, 2.75) is 38.5 Å². The van der Waals surface area contributed by atoms with Gasteiger partial charge in [0.1, 0.15) is 23.2 Å². The first kappa shape index (κ1) is 24.9. The Hall–Kier alpha value is -3.17. The molecule has 35 heavy (non-hydrogen) atoms. The molecule has 0 spiro atoms. The van der Waals surface area contributed by atoms with Crippen molar-refractivity contribution >= 4 is 27.3 Å². The van der Waals surface area contributed by atoms with Gasteiger partial charge in [-0.25, -0.2) is 18.4 Å². The zero-order valence-electron chi connectivity index (χ0n) is 20.6. The van der Waals surface area contributed by atoms with Crippen LogP contribution in [-0.4, -0.2) is 55.5 Å². The Morgan fingerprint density at radius 2 is 1.63 bits per heavy atom. The Bertz CT molecular complexity index is 1220. The molecule has 0 unspecified atom stereocenters. The average Bonchev–Trinajstić information content (AvgIpc) is 2.86. The minimum absolute atomic E-state index is 0.288. The van der Waals surface area contributed by atoms with Crippen molar-refractivity contribution in [1.82, 2.24) is 14.3 Å². The van der Waals surface area contributed by atoms with Gasteiger partial charge in [0.05, 0.1) is 11.5 Å². The molecule has 9 heteroatoms. The van der Waals surface area contributed by atoms with Crippen LogP contribution < -0.4 is 15.0 Å². The van der Waals surface area contributed by atoms with Crippen LogP contribution in [0.15, 0.2) is 59.5 Å². The molecule has 186 valence electrons. The van der Waals surface area contributed by atoms with Gasteiger partial charge in [-0.3, -0.25) is 0 Å². The van der Waals surface area contributed by atoms with E-state index >= 15 is 0 Å². The van der Waals surface area contributed by atoms with Crippen LogP contribution in [0.4, 0.5) is 17.3 Å². The van der Waals surface area contributed by atoms with E-state index in [1.54, 1.807) is 24.3 Å². The SMILES string of the molecule is CCCCOc1ccc(S(=O)(=O)N2CCN(c3cc(Nc4ccc(C)cc4)nc(C)n3)CC2)cc1. The molecule has 0 aliphatic carbocycles. The first-order valence-corrected chi connectivity index (χ1v) is 13.5. The van der Waals surface area contributed by atoms with E-state index in [2.05, 4.69) is 34.0 Å². The highest BCUT2D eigenvalue weighted by atomic mass is 32.2. The molecule has 0 bridgehead atoms. The van der Waals surface area contributed by atoms with Crippen molar-refractivity contribution in [3.8, 4) is 5.75 Å². The second kappa shape index (κ2) is 11.0. The van der Waals surface area contributed by atoms with Crippen molar-refractivity contribution in [1.29, 1.82) is 0 Å². The van der Waals surface area contributed by atoms with Gasteiger partial charge in [0.15, 0.2) is 0 Å². The number of anilines is 3. The molecule has 1 aliphatic heterocycles. The Kier molecular flexibility index (Phi) is 7.87. The highest BCUT2D eigenvalue weighted by Gasteiger charge is 2.29. The van der Waals surface area contributed by atoms with E-state index in [-0.39, 0.29) is 4.90 Å². The predicted molar refractivity (Wildman–Crippen MR) is 139 cm³/mol. The molecule has 2 heterocycles. The number of rotatable bonds is 9. The van der Waals surface area contributed by atoms with E-state index < -0.39 is 10.0 Å². The minimum Gasteiger partial charge on any atom is -0.494 e. The van der Waals surface area contributed by atoms with Gasteiger partial charge < -0.3 is 15.0 Å². The Morgan fingerprint density at radius 3 is 2.29 bits per heavy atom. The summed E-state index contributed by atoms with van der Waals surface area (Å²) in [6.45, 7) is 8.54. The maximum atomic E-state index is 13.2. The monoisotopic (exact) mass is 495 g/mol. The van der Waals surface area contributed by atoms with Crippen molar-refractivity contribution in [2.75, 3.05) is 43.0 Å². The summed E-state index contributed by atoms with van der Waals surface area (Å²) in [5.41, 5.74) is 2.15. The smallest absolute Gasteiger partial charge is 0.243 e. The first-order valence-electron chi connectivity index (χ1n) is 12.0. The molecular weight excluding hydrogens is 462 g/mol. The third kappa shape index (κ3) is 6.29. The van der Waals surface area contributed by atoms with Crippen molar-refractivity contribution in [3.63, 3.8) is 0 Å². The van der Waals surface area contributed by atoms with Gasteiger partial charge in [-0.2, -0.15) is 4.31 Å². The third-order valence-corrected chi connectivity index (χ3v) is 7.85. The molecule has 1 N–H and O–H groups in total. The number of aromatic nitrogens is 2. The number of benzene rings is 2. The highest BCUT2D eigenvalue weighted by Crippen LogP contribution is 2.24. The summed E-state index contributed by atoms with van der Waals surface area (Å²) < 4.78 is 33.5. The number of ether oxygens (including phenoxy) is 1. The molecule has 0 atom stereocenters. The second-order valence-corrected chi connectivity index (χ2v) is 10.7. The fraction of sp³-hybridized carbons (Fsp3) is 0.385. The van der Waals surface area contributed by atoms with Crippen LogP contribution in [0.5, 0.6) is 5.75 Å². The summed E-state index contributed by atoms with van der Waals surface area (Å²) in [5.74, 6) is 2.86. The molecule has 3 aromatic rings. The molecule has 0 saturated carbocycles. The number of nitrogens with one attached hydrogen (secondary N) is 1. The lowest BCUT2D eigenvalue weighted by molar-refractivity contribution is 0.309. The van der Waals surface area contributed by atoms with Gasteiger partial charge in [0.25, 0.3) is 0 Å². The van der Waals surface area contributed by atoms with Crippen LogP contribution in [0.25, 0.3) is 0 Å². The predicted octanol–water partition coefficient (Wildman–Crippen LogP) is 4.53. The maximum Gasteiger partial charge on any atom is 0.243 e. The Balaban J connectivity index is 1.40. The lowest BCUT2D eigenvalue weighted by Crippen LogP contribution is -2.49. The summed E-state index contributed by atoms with van der Waals surface area (Å²) in [6.07, 6.45) is 2.03. The second-order valence-electron chi connectivity index (χ2n) is 8.71. The molecule has 1 aliphatic rings. The fourth-order valence-corrected chi connectivity index (χ4v) is 5.33. The summed E-state index contributed by atoms with van der Waals surface area (Å²) >= 11 is 0. The quantitative estimate of drug-likeness (QED) is 0.437. The third-order valence-electron chi connectivity index (χ3n) is 5.94. The van der Waals surface area contributed by atoms with E-state index in [1.165, 1.54) is 9.87 Å². The van der Waals surface area contributed by atoms with Gasteiger partial charge in [0, 0.05) is 37.9 Å². The molecule has 2 aromatic carbocycles. The largest absolute Gasteiger partial charge is 0.494 e. The van der Waals surface area contributed by atoms with Crippen LogP contribution in [0, 0.1) is 13.8 Å². The number of unbranched alkanes of at least 4 members (excludes halogenated alkanes) is 1. The van der Waals surface area contributed by atoms with E-state index in [0.717, 1.165) is 24.3 Å². The van der Waals surface area contributed by atoms with Gasteiger partial charge in [-0.05, 0) is 56.7 Å². The van der Waals surface area contributed by atoms with Crippen molar-refractivity contribution in [3.05, 3.63) is 66.0 Å². The number of nitrogens with zero attached hydrogens (tertiary/aromatic N) is 4. The first-order chi connectivity index (χ1) is 16.8. The van der Waals surface area contributed by atoms with Crippen LogP contribution in [0.2, 0.25) is 0 Å². The summed E-state index contributed by atoms with van der Waals surface area (Å²) in [7, 11) is -3.56. The van der Waals surface area contributed by atoms with Crippen LogP contribution in [0.1, 0.15) is 31.2 Å². The molecule has 0 amide bonds. The van der Waals surface area contributed by atoms with Crippen LogP contribution >= 0.6 is 0 Å². The van der Waals surface area contributed by atoms with Gasteiger partial charge in [-0.1, -0.05) is 31.0 Å². The number of sulfonamides is 1. The molecule has 0 radical (unpaired) electrons. The zero-order valence-corrected chi connectivity index (χ0v) is 21.4. The van der Waals surface area contributed by atoms with Gasteiger partial charge >= 0.3 is 0 Å². The molecular formula is C26H33N5O3S. The molecule has 4 rings (SSSR count). The Morgan fingerprint density at radius 1 is 0.943 bits per heavy atom. The maximum absolute atomic E-state index is 13.2. The number of hydrogen-bond acceptors (Lipinski definition) is 7. The number of aryl methyl sites for hydroxylation is 2. The fourth-order valence-electron chi connectivity index (χ4n) is 3.91. The summed E-state index contributed by atoms with van der Waals surface area (Å²) in [5, 5.41) is 3.33. The average molecular weight is 496 g/mol. The highest BCUT2D eigenvalue weighted by molar-refractivity contribution is 7.89. The summed E-state index contributed by atoms with van der Waals surface area (Å²) in [6, 6.07) is 16.7. The van der Waals surface area contributed by atoms with Crippen LogP contribution in [0.3, 0.4) is 0 Å². The molecule has 1 saturated heterocycles.